The van der Waals surface area contributed by atoms with Gasteiger partial charge in [-0.3, -0.25) is 4.90 Å². The van der Waals surface area contributed by atoms with Gasteiger partial charge >= 0.3 is 0 Å². The quantitative estimate of drug-likeness (QED) is 0.840. The maximum absolute atomic E-state index is 5.95. The fourth-order valence-corrected chi connectivity index (χ4v) is 2.63. The van der Waals surface area contributed by atoms with E-state index in [0.29, 0.717) is 12.6 Å². The highest BCUT2D eigenvalue weighted by atomic mass is 16.5. The summed E-state index contributed by atoms with van der Waals surface area (Å²) in [6.45, 7) is 1.80. The van der Waals surface area contributed by atoms with Gasteiger partial charge in [-0.15, -0.1) is 0 Å². The molecule has 0 radical (unpaired) electrons. The molecule has 0 aliphatic heterocycles. The second kappa shape index (κ2) is 6.21. The summed E-state index contributed by atoms with van der Waals surface area (Å²) in [5, 5.41) is 0. The third-order valence-corrected chi connectivity index (χ3v) is 4.00. The van der Waals surface area contributed by atoms with E-state index in [0.717, 1.165) is 18.2 Å². The van der Waals surface area contributed by atoms with Gasteiger partial charge in [0.15, 0.2) is 0 Å². The molecular weight excluding hydrogens is 224 g/mol. The Morgan fingerprint density at radius 1 is 1.44 bits per heavy atom. The Bertz CT molecular complexity index is 377. The van der Waals surface area contributed by atoms with Gasteiger partial charge in [-0.1, -0.05) is 18.6 Å². The van der Waals surface area contributed by atoms with Crippen LogP contribution in [0.25, 0.3) is 0 Å². The number of hydrogen-bond donors (Lipinski definition) is 1. The van der Waals surface area contributed by atoms with Crippen LogP contribution in [0.2, 0.25) is 0 Å². The highest BCUT2D eigenvalue weighted by Crippen LogP contribution is 2.30. The van der Waals surface area contributed by atoms with Crippen molar-refractivity contribution >= 4 is 0 Å². The summed E-state index contributed by atoms with van der Waals surface area (Å²) in [5.41, 5.74) is 7.20. The minimum Gasteiger partial charge on any atom is -0.497 e. The fraction of sp³-hybridized carbons (Fsp3) is 0.600. The molecule has 0 bridgehead atoms. The van der Waals surface area contributed by atoms with Gasteiger partial charge in [0, 0.05) is 19.1 Å². The normalized spacial score (nSPS) is 17.6. The average Bonchev–Trinajstić information content (AvgIpc) is 2.35. The Morgan fingerprint density at radius 3 is 2.78 bits per heavy atom. The van der Waals surface area contributed by atoms with Crippen LogP contribution in [0.5, 0.6) is 5.75 Å². The summed E-state index contributed by atoms with van der Waals surface area (Å²) in [4.78, 5) is 2.39. The number of ether oxygens (including phenoxy) is 1. The maximum atomic E-state index is 5.95. The van der Waals surface area contributed by atoms with Gasteiger partial charge in [0.25, 0.3) is 0 Å². The smallest absolute Gasteiger partial charge is 0.119 e. The third-order valence-electron chi connectivity index (χ3n) is 4.00. The molecule has 18 heavy (non-hydrogen) atoms. The molecule has 0 amide bonds. The van der Waals surface area contributed by atoms with Crippen LogP contribution in [0, 0.1) is 5.92 Å². The first-order chi connectivity index (χ1) is 8.74. The standard InChI is InChI=1S/C15H24N2O/c1-17(11-12-5-3-6-12)15(10-16)13-7-4-8-14(9-13)18-2/h4,7-9,12,15H,3,5-6,10-11,16H2,1-2H3. The molecule has 1 fully saturated rings. The molecule has 0 heterocycles. The van der Waals surface area contributed by atoms with Crippen LogP contribution in [0.15, 0.2) is 24.3 Å². The summed E-state index contributed by atoms with van der Waals surface area (Å²) in [7, 11) is 3.88. The molecule has 1 aromatic carbocycles. The number of nitrogens with two attached hydrogens (primary N) is 1. The molecule has 1 aromatic rings. The number of likely N-dealkylation sites (N-methyl/N-ethyl adjacent to an activating group) is 1. The second-order valence-corrected chi connectivity index (χ2v) is 5.26. The maximum Gasteiger partial charge on any atom is 0.119 e. The summed E-state index contributed by atoms with van der Waals surface area (Å²) >= 11 is 0. The molecule has 1 atom stereocenters. The van der Waals surface area contributed by atoms with E-state index in [-0.39, 0.29) is 0 Å². The third kappa shape index (κ3) is 3.03. The van der Waals surface area contributed by atoms with Crippen molar-refractivity contribution in [2.45, 2.75) is 25.3 Å². The Morgan fingerprint density at radius 2 is 2.22 bits per heavy atom. The number of nitrogens with zero attached hydrogens (tertiary/aromatic N) is 1. The van der Waals surface area contributed by atoms with E-state index in [1.54, 1.807) is 7.11 Å². The zero-order valence-corrected chi connectivity index (χ0v) is 11.4. The van der Waals surface area contributed by atoms with Crippen molar-refractivity contribution in [1.29, 1.82) is 0 Å². The van der Waals surface area contributed by atoms with E-state index in [2.05, 4.69) is 24.1 Å². The first-order valence-electron chi connectivity index (χ1n) is 6.79. The van der Waals surface area contributed by atoms with Crippen molar-refractivity contribution in [3.05, 3.63) is 29.8 Å². The van der Waals surface area contributed by atoms with Crippen LogP contribution >= 0.6 is 0 Å². The lowest BCUT2D eigenvalue weighted by molar-refractivity contribution is 0.165. The molecule has 0 spiro atoms. The molecule has 2 rings (SSSR count). The predicted octanol–water partition coefficient (Wildman–Crippen LogP) is 2.43. The molecule has 3 nitrogen and oxygen atoms in total. The number of methoxy groups -OCH3 is 1. The number of benzene rings is 1. The van der Waals surface area contributed by atoms with Crippen molar-refractivity contribution < 1.29 is 4.74 Å². The van der Waals surface area contributed by atoms with Gasteiger partial charge in [0.05, 0.1) is 7.11 Å². The molecule has 2 N–H and O–H groups in total. The Kier molecular flexibility index (Phi) is 4.61. The van der Waals surface area contributed by atoms with Crippen LogP contribution in [0.1, 0.15) is 30.9 Å². The van der Waals surface area contributed by atoms with Gasteiger partial charge in [-0.25, -0.2) is 0 Å². The number of rotatable bonds is 6. The lowest BCUT2D eigenvalue weighted by Crippen LogP contribution is -2.36. The van der Waals surface area contributed by atoms with E-state index in [1.807, 2.05) is 12.1 Å². The minimum absolute atomic E-state index is 0.292. The zero-order valence-electron chi connectivity index (χ0n) is 11.4. The zero-order chi connectivity index (χ0) is 13.0. The summed E-state index contributed by atoms with van der Waals surface area (Å²) in [5.74, 6) is 1.78. The minimum atomic E-state index is 0.292. The first-order valence-corrected chi connectivity index (χ1v) is 6.79. The molecular formula is C15H24N2O. The van der Waals surface area contributed by atoms with Crippen LogP contribution in [0.4, 0.5) is 0 Å². The van der Waals surface area contributed by atoms with Crippen LogP contribution in [-0.2, 0) is 0 Å². The van der Waals surface area contributed by atoms with E-state index in [1.165, 1.54) is 24.8 Å². The molecule has 1 unspecified atom stereocenters. The van der Waals surface area contributed by atoms with Gasteiger partial charge in [-0.2, -0.15) is 0 Å². The van der Waals surface area contributed by atoms with Crippen molar-refractivity contribution in [2.75, 3.05) is 27.2 Å². The molecule has 100 valence electrons. The van der Waals surface area contributed by atoms with Crippen LogP contribution < -0.4 is 10.5 Å². The Labute approximate surface area is 110 Å². The van der Waals surface area contributed by atoms with Crippen molar-refractivity contribution in [1.82, 2.24) is 4.90 Å². The monoisotopic (exact) mass is 248 g/mol. The summed E-state index contributed by atoms with van der Waals surface area (Å²) < 4.78 is 5.28. The van der Waals surface area contributed by atoms with E-state index < -0.39 is 0 Å². The largest absolute Gasteiger partial charge is 0.497 e. The number of hydrogen-bond acceptors (Lipinski definition) is 3. The lowest BCUT2D eigenvalue weighted by atomic mass is 9.85. The van der Waals surface area contributed by atoms with E-state index >= 15 is 0 Å². The van der Waals surface area contributed by atoms with Crippen molar-refractivity contribution in [2.24, 2.45) is 11.7 Å². The highest BCUT2D eigenvalue weighted by molar-refractivity contribution is 5.30. The SMILES string of the molecule is COc1cccc(C(CN)N(C)CC2CCC2)c1. The molecule has 1 aliphatic rings. The average molecular weight is 248 g/mol. The molecule has 0 aromatic heterocycles. The van der Waals surface area contributed by atoms with Crippen molar-refractivity contribution in [3.8, 4) is 5.75 Å². The predicted molar refractivity (Wildman–Crippen MR) is 74.8 cm³/mol. The summed E-state index contributed by atoms with van der Waals surface area (Å²) in [6.07, 6.45) is 4.14. The van der Waals surface area contributed by atoms with Gasteiger partial charge in [-0.05, 0) is 43.5 Å². The highest BCUT2D eigenvalue weighted by Gasteiger charge is 2.23. The van der Waals surface area contributed by atoms with E-state index in [4.69, 9.17) is 10.5 Å². The molecule has 1 saturated carbocycles. The Balaban J connectivity index is 2.05. The lowest BCUT2D eigenvalue weighted by Gasteiger charge is -2.34. The Hall–Kier alpha value is -1.06. The second-order valence-electron chi connectivity index (χ2n) is 5.26. The molecule has 0 saturated heterocycles. The van der Waals surface area contributed by atoms with Gasteiger partial charge < -0.3 is 10.5 Å². The van der Waals surface area contributed by atoms with Crippen LogP contribution in [0.3, 0.4) is 0 Å². The molecule has 3 heteroatoms. The van der Waals surface area contributed by atoms with E-state index in [9.17, 15) is 0 Å². The summed E-state index contributed by atoms with van der Waals surface area (Å²) in [6, 6.07) is 8.53. The molecule has 1 aliphatic carbocycles. The topological polar surface area (TPSA) is 38.5 Å². The van der Waals surface area contributed by atoms with Crippen LogP contribution in [-0.4, -0.2) is 32.1 Å². The first kappa shape index (κ1) is 13.4. The fourth-order valence-electron chi connectivity index (χ4n) is 2.63. The van der Waals surface area contributed by atoms with Gasteiger partial charge in [0.2, 0.25) is 0 Å². The van der Waals surface area contributed by atoms with Gasteiger partial charge in [0.1, 0.15) is 5.75 Å². The van der Waals surface area contributed by atoms with Crippen molar-refractivity contribution in [3.63, 3.8) is 0 Å².